The van der Waals surface area contributed by atoms with Crippen LogP contribution in [0.15, 0.2) is 0 Å². The van der Waals surface area contributed by atoms with Gasteiger partial charge in [-0.25, -0.2) is 0 Å². The maximum absolute atomic E-state index is 5.26. The molecule has 2 fully saturated rings. The van der Waals surface area contributed by atoms with Gasteiger partial charge in [0.25, 0.3) is 0 Å². The molecule has 0 saturated heterocycles. The van der Waals surface area contributed by atoms with Crippen molar-refractivity contribution in [2.45, 2.75) is 45.1 Å². The first kappa shape index (κ1) is 8.65. The number of H-pyrrole nitrogens is 1. The van der Waals surface area contributed by atoms with Crippen LogP contribution in [0.4, 0.5) is 0 Å². The van der Waals surface area contributed by atoms with Gasteiger partial charge in [-0.3, -0.25) is 5.10 Å². The van der Waals surface area contributed by atoms with Gasteiger partial charge in [-0.2, -0.15) is 5.10 Å². The van der Waals surface area contributed by atoms with Gasteiger partial charge in [-0.05, 0) is 36.9 Å². The number of hydrogen-bond donors (Lipinski definition) is 1. The zero-order valence-electron chi connectivity index (χ0n) is 8.58. The van der Waals surface area contributed by atoms with E-state index >= 15 is 0 Å². The van der Waals surface area contributed by atoms with Crippen molar-refractivity contribution in [1.29, 1.82) is 0 Å². The third kappa shape index (κ3) is 1.16. The van der Waals surface area contributed by atoms with E-state index in [1.807, 2.05) is 0 Å². The molecule has 0 aromatic carbocycles. The van der Waals surface area contributed by atoms with Crippen molar-refractivity contribution in [2.24, 2.45) is 5.41 Å². The Bertz CT molecular complexity index is 425. The standard InChI is InChI=1S/C10H15N3S/c1-10(2)5-7(10)8-11-12-9(14)13(8)6-3-4-6/h6-7H,3-5H2,1-2H3,(H,12,14). The summed E-state index contributed by atoms with van der Waals surface area (Å²) >= 11 is 5.26. The van der Waals surface area contributed by atoms with E-state index < -0.39 is 0 Å². The molecule has 3 rings (SSSR count). The molecule has 1 unspecified atom stereocenters. The van der Waals surface area contributed by atoms with E-state index in [-0.39, 0.29) is 0 Å². The van der Waals surface area contributed by atoms with E-state index in [0.29, 0.717) is 17.4 Å². The molecule has 2 saturated carbocycles. The van der Waals surface area contributed by atoms with Gasteiger partial charge < -0.3 is 4.57 Å². The fourth-order valence-corrected chi connectivity index (χ4v) is 2.44. The molecule has 76 valence electrons. The highest BCUT2D eigenvalue weighted by atomic mass is 32.1. The first-order valence-corrected chi connectivity index (χ1v) is 5.67. The predicted octanol–water partition coefficient (Wildman–Crippen LogP) is 2.79. The lowest BCUT2D eigenvalue weighted by molar-refractivity contribution is 0.580. The van der Waals surface area contributed by atoms with Crippen LogP contribution in [-0.4, -0.2) is 14.8 Å². The average Bonchev–Trinajstić information content (AvgIpc) is 2.98. The Labute approximate surface area is 88.5 Å². The van der Waals surface area contributed by atoms with Crippen LogP contribution >= 0.6 is 12.2 Å². The van der Waals surface area contributed by atoms with Gasteiger partial charge in [0.05, 0.1) is 0 Å². The third-order valence-electron chi connectivity index (χ3n) is 3.47. The number of hydrogen-bond acceptors (Lipinski definition) is 2. The van der Waals surface area contributed by atoms with Crippen LogP contribution in [0.2, 0.25) is 0 Å². The Hall–Kier alpha value is -0.640. The highest BCUT2D eigenvalue weighted by Gasteiger charge is 2.50. The average molecular weight is 209 g/mol. The Balaban J connectivity index is 2.02. The molecular formula is C10H15N3S. The quantitative estimate of drug-likeness (QED) is 0.760. The summed E-state index contributed by atoms with van der Waals surface area (Å²) in [6, 6.07) is 0.646. The minimum atomic E-state index is 0.438. The summed E-state index contributed by atoms with van der Waals surface area (Å²) in [6.45, 7) is 4.60. The molecule has 0 bridgehead atoms. The van der Waals surface area contributed by atoms with Crippen LogP contribution in [0.5, 0.6) is 0 Å². The third-order valence-corrected chi connectivity index (χ3v) is 3.76. The molecule has 0 radical (unpaired) electrons. The van der Waals surface area contributed by atoms with Gasteiger partial charge >= 0.3 is 0 Å². The number of nitrogens with one attached hydrogen (secondary N) is 1. The highest BCUT2D eigenvalue weighted by molar-refractivity contribution is 7.71. The smallest absolute Gasteiger partial charge is 0.195 e. The zero-order valence-corrected chi connectivity index (χ0v) is 9.40. The number of nitrogens with zero attached hydrogens (tertiary/aromatic N) is 2. The van der Waals surface area contributed by atoms with Crippen LogP contribution in [0.25, 0.3) is 0 Å². The molecule has 1 aromatic heterocycles. The number of rotatable bonds is 2. The molecule has 1 heterocycles. The van der Waals surface area contributed by atoms with E-state index in [1.54, 1.807) is 0 Å². The van der Waals surface area contributed by atoms with Crippen molar-refractivity contribution >= 4 is 12.2 Å². The highest BCUT2D eigenvalue weighted by Crippen LogP contribution is 2.58. The van der Waals surface area contributed by atoms with E-state index in [4.69, 9.17) is 12.2 Å². The predicted molar refractivity (Wildman–Crippen MR) is 56.8 cm³/mol. The molecule has 1 N–H and O–H groups in total. The van der Waals surface area contributed by atoms with Gasteiger partial charge in [-0.1, -0.05) is 13.8 Å². The van der Waals surface area contributed by atoms with E-state index in [1.165, 1.54) is 25.1 Å². The molecule has 1 atom stereocenters. The lowest BCUT2D eigenvalue weighted by Crippen LogP contribution is -2.02. The van der Waals surface area contributed by atoms with E-state index in [0.717, 1.165) is 4.77 Å². The molecule has 0 spiro atoms. The molecule has 2 aliphatic rings. The first-order chi connectivity index (χ1) is 6.59. The lowest BCUT2D eigenvalue weighted by Gasteiger charge is -2.05. The van der Waals surface area contributed by atoms with Crippen LogP contribution in [0, 0.1) is 10.2 Å². The molecule has 14 heavy (non-hydrogen) atoms. The summed E-state index contributed by atoms with van der Waals surface area (Å²) in [5, 5.41) is 7.31. The second-order valence-corrected chi connectivity index (χ2v) is 5.62. The SMILES string of the molecule is CC1(C)CC1c1n[nH]c(=S)n1C1CC1. The Morgan fingerprint density at radius 3 is 2.64 bits per heavy atom. The summed E-state index contributed by atoms with van der Waals surface area (Å²) in [5.74, 6) is 1.82. The second-order valence-electron chi connectivity index (χ2n) is 5.23. The van der Waals surface area contributed by atoms with Crippen LogP contribution in [0.3, 0.4) is 0 Å². The monoisotopic (exact) mass is 209 g/mol. The fraction of sp³-hybridized carbons (Fsp3) is 0.800. The largest absolute Gasteiger partial charge is 0.301 e. The topological polar surface area (TPSA) is 33.6 Å². The minimum Gasteiger partial charge on any atom is -0.301 e. The van der Waals surface area contributed by atoms with Gasteiger partial charge in [0.1, 0.15) is 5.82 Å². The lowest BCUT2D eigenvalue weighted by atomic mass is 10.1. The number of aromatic amines is 1. The van der Waals surface area contributed by atoms with Crippen molar-refractivity contribution in [2.75, 3.05) is 0 Å². The molecule has 0 aliphatic heterocycles. The summed E-state index contributed by atoms with van der Waals surface area (Å²) in [5.41, 5.74) is 0.438. The van der Waals surface area contributed by atoms with E-state index in [2.05, 4.69) is 28.6 Å². The molecular weight excluding hydrogens is 194 g/mol. The number of aromatic nitrogens is 3. The van der Waals surface area contributed by atoms with Gasteiger partial charge in [0.15, 0.2) is 4.77 Å². The van der Waals surface area contributed by atoms with Crippen molar-refractivity contribution in [3.8, 4) is 0 Å². The Kier molecular flexibility index (Phi) is 1.53. The maximum Gasteiger partial charge on any atom is 0.195 e. The molecule has 4 heteroatoms. The Morgan fingerprint density at radius 2 is 2.14 bits per heavy atom. The first-order valence-electron chi connectivity index (χ1n) is 5.26. The normalized spacial score (nSPS) is 29.1. The summed E-state index contributed by atoms with van der Waals surface area (Å²) in [7, 11) is 0. The summed E-state index contributed by atoms with van der Waals surface area (Å²) in [6.07, 6.45) is 3.79. The van der Waals surface area contributed by atoms with Crippen LogP contribution in [0.1, 0.15) is 50.9 Å². The van der Waals surface area contributed by atoms with Gasteiger partial charge in [0, 0.05) is 12.0 Å². The van der Waals surface area contributed by atoms with Crippen LogP contribution < -0.4 is 0 Å². The summed E-state index contributed by atoms with van der Waals surface area (Å²) in [4.78, 5) is 0. The van der Waals surface area contributed by atoms with Crippen molar-refractivity contribution in [1.82, 2.24) is 14.8 Å². The van der Waals surface area contributed by atoms with Crippen molar-refractivity contribution < 1.29 is 0 Å². The fourth-order valence-electron chi connectivity index (χ4n) is 2.16. The molecule has 1 aromatic rings. The van der Waals surface area contributed by atoms with Crippen LogP contribution in [-0.2, 0) is 0 Å². The zero-order chi connectivity index (χ0) is 9.92. The van der Waals surface area contributed by atoms with Gasteiger partial charge in [0.2, 0.25) is 0 Å². The molecule has 2 aliphatic carbocycles. The Morgan fingerprint density at radius 1 is 1.50 bits per heavy atom. The second kappa shape index (κ2) is 2.48. The maximum atomic E-state index is 5.26. The molecule has 0 amide bonds. The molecule has 3 nitrogen and oxygen atoms in total. The van der Waals surface area contributed by atoms with Crippen molar-refractivity contribution in [3.05, 3.63) is 10.6 Å². The summed E-state index contributed by atoms with van der Waals surface area (Å²) < 4.78 is 3.06. The van der Waals surface area contributed by atoms with Crippen molar-refractivity contribution in [3.63, 3.8) is 0 Å². The van der Waals surface area contributed by atoms with Gasteiger partial charge in [-0.15, -0.1) is 0 Å². The minimum absolute atomic E-state index is 0.438. The van der Waals surface area contributed by atoms with E-state index in [9.17, 15) is 0 Å².